The minimum atomic E-state index is -2.78. The van der Waals surface area contributed by atoms with Crippen molar-refractivity contribution in [3.63, 3.8) is 0 Å². The SMILES string of the molecule is CCOc1ccccc1O[PH](=O)Oc1ccccc1OCC. The summed E-state index contributed by atoms with van der Waals surface area (Å²) >= 11 is 0. The van der Waals surface area contributed by atoms with Crippen LogP contribution in [0.5, 0.6) is 23.0 Å². The molecule has 6 heteroatoms. The number of benzene rings is 2. The van der Waals surface area contributed by atoms with Crippen LogP contribution in [0.3, 0.4) is 0 Å². The van der Waals surface area contributed by atoms with Crippen molar-refractivity contribution in [1.29, 1.82) is 0 Å². The third-order valence-electron chi connectivity index (χ3n) is 2.68. The smallest absolute Gasteiger partial charge is 0.419 e. The zero-order valence-corrected chi connectivity index (χ0v) is 13.6. The van der Waals surface area contributed by atoms with Crippen LogP contribution in [0.1, 0.15) is 13.8 Å². The first-order valence-electron chi connectivity index (χ1n) is 7.08. The van der Waals surface area contributed by atoms with E-state index in [0.29, 0.717) is 36.2 Å². The third kappa shape index (κ3) is 4.43. The van der Waals surface area contributed by atoms with E-state index in [2.05, 4.69) is 0 Å². The maximum absolute atomic E-state index is 12.1. The maximum atomic E-state index is 12.1. The third-order valence-corrected chi connectivity index (χ3v) is 3.46. The van der Waals surface area contributed by atoms with Gasteiger partial charge in [0.15, 0.2) is 23.0 Å². The molecule has 2 aromatic rings. The lowest BCUT2D eigenvalue weighted by Gasteiger charge is -2.13. The Morgan fingerprint density at radius 3 is 1.45 bits per heavy atom. The molecule has 0 aromatic heterocycles. The van der Waals surface area contributed by atoms with Crippen LogP contribution < -0.4 is 18.5 Å². The molecule has 0 spiro atoms. The van der Waals surface area contributed by atoms with Crippen molar-refractivity contribution < 1.29 is 23.1 Å². The van der Waals surface area contributed by atoms with Gasteiger partial charge in [0.25, 0.3) is 0 Å². The Bertz CT molecular complexity index is 576. The van der Waals surface area contributed by atoms with Crippen LogP contribution in [0, 0.1) is 0 Å². The van der Waals surface area contributed by atoms with Gasteiger partial charge >= 0.3 is 8.25 Å². The predicted octanol–water partition coefficient (Wildman–Crippen LogP) is 4.33. The molecule has 0 aliphatic rings. The second-order valence-electron chi connectivity index (χ2n) is 4.21. The largest absolute Gasteiger partial charge is 0.490 e. The highest BCUT2D eigenvalue weighted by Crippen LogP contribution is 2.38. The number of ether oxygens (including phenoxy) is 2. The molecule has 22 heavy (non-hydrogen) atoms. The standard InChI is InChI=1S/C16H19O5P/c1-3-18-13-9-5-7-11-15(13)20-22(17)21-16-12-8-6-10-14(16)19-4-2/h5-12,22H,3-4H2,1-2H3. The minimum absolute atomic E-state index is 0.391. The summed E-state index contributed by atoms with van der Waals surface area (Å²) < 4.78 is 33.7. The average molecular weight is 322 g/mol. The molecular formula is C16H19O5P. The molecule has 0 aliphatic heterocycles. The molecule has 2 rings (SSSR count). The van der Waals surface area contributed by atoms with Gasteiger partial charge in [0.2, 0.25) is 0 Å². The van der Waals surface area contributed by atoms with Crippen LogP contribution >= 0.6 is 8.25 Å². The van der Waals surface area contributed by atoms with Gasteiger partial charge in [-0.2, -0.15) is 0 Å². The fourth-order valence-corrected chi connectivity index (χ4v) is 2.56. The van der Waals surface area contributed by atoms with Crippen LogP contribution in [0.2, 0.25) is 0 Å². The van der Waals surface area contributed by atoms with Crippen molar-refractivity contribution in [1.82, 2.24) is 0 Å². The van der Waals surface area contributed by atoms with Gasteiger partial charge < -0.3 is 18.5 Å². The van der Waals surface area contributed by atoms with E-state index in [-0.39, 0.29) is 0 Å². The zero-order valence-electron chi connectivity index (χ0n) is 12.6. The zero-order chi connectivity index (χ0) is 15.8. The first kappa shape index (κ1) is 16.2. The highest BCUT2D eigenvalue weighted by atomic mass is 31.1. The van der Waals surface area contributed by atoms with E-state index in [1.807, 2.05) is 26.0 Å². The van der Waals surface area contributed by atoms with Crippen LogP contribution in [0.25, 0.3) is 0 Å². The Morgan fingerprint density at radius 2 is 1.09 bits per heavy atom. The van der Waals surface area contributed by atoms with Gasteiger partial charge in [0.1, 0.15) is 0 Å². The highest BCUT2D eigenvalue weighted by Gasteiger charge is 2.12. The molecule has 0 saturated heterocycles. The summed E-state index contributed by atoms with van der Waals surface area (Å²) in [6, 6.07) is 14.1. The molecule has 5 nitrogen and oxygen atoms in total. The summed E-state index contributed by atoms with van der Waals surface area (Å²) in [5, 5.41) is 0. The van der Waals surface area contributed by atoms with E-state index in [0.717, 1.165) is 0 Å². The van der Waals surface area contributed by atoms with Crippen molar-refractivity contribution >= 4 is 8.25 Å². The molecule has 0 atom stereocenters. The van der Waals surface area contributed by atoms with E-state index >= 15 is 0 Å². The van der Waals surface area contributed by atoms with Gasteiger partial charge in [-0.05, 0) is 38.1 Å². The summed E-state index contributed by atoms with van der Waals surface area (Å²) in [5.74, 6) is 1.85. The van der Waals surface area contributed by atoms with Crippen molar-refractivity contribution in [3.05, 3.63) is 48.5 Å². The van der Waals surface area contributed by atoms with Crippen molar-refractivity contribution in [2.45, 2.75) is 13.8 Å². The van der Waals surface area contributed by atoms with Gasteiger partial charge in [-0.3, -0.25) is 0 Å². The molecule has 0 N–H and O–H groups in total. The van der Waals surface area contributed by atoms with E-state index in [1.165, 1.54) is 0 Å². The lowest BCUT2D eigenvalue weighted by molar-refractivity contribution is 0.315. The number of hydrogen-bond donors (Lipinski definition) is 0. The lowest BCUT2D eigenvalue weighted by atomic mass is 10.3. The molecule has 0 bridgehead atoms. The summed E-state index contributed by atoms with van der Waals surface area (Å²) in [7, 11) is -2.78. The van der Waals surface area contributed by atoms with Gasteiger partial charge in [0, 0.05) is 0 Å². The lowest BCUT2D eigenvalue weighted by Crippen LogP contribution is -1.97. The van der Waals surface area contributed by atoms with Gasteiger partial charge in [-0.1, -0.05) is 24.3 Å². The topological polar surface area (TPSA) is 54.0 Å². The molecule has 0 fully saturated rings. The number of rotatable bonds is 8. The van der Waals surface area contributed by atoms with Gasteiger partial charge in [0.05, 0.1) is 13.2 Å². The Morgan fingerprint density at radius 1 is 0.727 bits per heavy atom. The van der Waals surface area contributed by atoms with E-state index in [4.69, 9.17) is 18.5 Å². The molecule has 0 aliphatic carbocycles. The molecule has 0 saturated carbocycles. The minimum Gasteiger partial charge on any atom is -0.490 e. The Kier molecular flexibility index (Phi) is 6.16. The first-order chi connectivity index (χ1) is 10.7. The quantitative estimate of drug-likeness (QED) is 0.677. The van der Waals surface area contributed by atoms with Crippen LogP contribution in [0.4, 0.5) is 0 Å². The maximum Gasteiger partial charge on any atom is 0.419 e. The molecule has 2 aromatic carbocycles. The molecular weight excluding hydrogens is 303 g/mol. The second-order valence-corrected chi connectivity index (χ2v) is 5.12. The Balaban J connectivity index is 2.08. The van der Waals surface area contributed by atoms with Crippen molar-refractivity contribution in [2.75, 3.05) is 13.2 Å². The van der Waals surface area contributed by atoms with E-state index in [1.54, 1.807) is 36.4 Å². The highest BCUT2D eigenvalue weighted by molar-refractivity contribution is 7.34. The van der Waals surface area contributed by atoms with Crippen LogP contribution in [0.15, 0.2) is 48.5 Å². The summed E-state index contributed by atoms with van der Waals surface area (Å²) in [5.41, 5.74) is 0. The molecule has 0 heterocycles. The molecule has 0 amide bonds. The number of para-hydroxylation sites is 4. The molecule has 0 unspecified atom stereocenters. The monoisotopic (exact) mass is 322 g/mol. The fraction of sp³-hybridized carbons (Fsp3) is 0.250. The Labute approximate surface area is 130 Å². The van der Waals surface area contributed by atoms with Crippen molar-refractivity contribution in [3.8, 4) is 23.0 Å². The number of hydrogen-bond acceptors (Lipinski definition) is 5. The fourth-order valence-electron chi connectivity index (χ4n) is 1.82. The summed E-state index contributed by atoms with van der Waals surface area (Å²) in [6.07, 6.45) is 0. The predicted molar refractivity (Wildman–Crippen MR) is 85.5 cm³/mol. The second kappa shape index (κ2) is 8.35. The van der Waals surface area contributed by atoms with Crippen LogP contribution in [-0.4, -0.2) is 13.2 Å². The molecule has 118 valence electrons. The van der Waals surface area contributed by atoms with Crippen molar-refractivity contribution in [2.24, 2.45) is 0 Å². The Hall–Kier alpha value is -2.13. The van der Waals surface area contributed by atoms with Gasteiger partial charge in [-0.15, -0.1) is 0 Å². The summed E-state index contributed by atoms with van der Waals surface area (Å²) in [6.45, 7) is 4.73. The van der Waals surface area contributed by atoms with Gasteiger partial charge in [-0.25, -0.2) is 4.57 Å². The first-order valence-corrected chi connectivity index (χ1v) is 8.30. The molecule has 0 radical (unpaired) electrons. The normalized spacial score (nSPS) is 10.3. The average Bonchev–Trinajstić information content (AvgIpc) is 2.52. The van der Waals surface area contributed by atoms with E-state index in [9.17, 15) is 4.57 Å². The summed E-state index contributed by atoms with van der Waals surface area (Å²) in [4.78, 5) is 0. The van der Waals surface area contributed by atoms with Crippen LogP contribution in [-0.2, 0) is 4.57 Å². The van der Waals surface area contributed by atoms with E-state index < -0.39 is 8.25 Å².